The number of anilines is 1. The number of imidazole rings is 1. The molecule has 0 radical (unpaired) electrons. The smallest absolute Gasteiger partial charge is 0.201 e. The van der Waals surface area contributed by atoms with Gasteiger partial charge in [0.1, 0.15) is 0 Å². The second-order valence-electron chi connectivity index (χ2n) is 4.79. The summed E-state index contributed by atoms with van der Waals surface area (Å²) in [6.07, 6.45) is 3.53. The molecular formula is C13H17N3O. The highest BCUT2D eigenvalue weighted by Gasteiger charge is 2.23. The monoisotopic (exact) mass is 231 g/mol. The number of aliphatic hydroxyl groups is 1. The van der Waals surface area contributed by atoms with E-state index in [1.165, 1.54) is 0 Å². The van der Waals surface area contributed by atoms with Crippen molar-refractivity contribution in [2.45, 2.75) is 37.8 Å². The van der Waals surface area contributed by atoms with Gasteiger partial charge < -0.3 is 15.4 Å². The number of para-hydroxylation sites is 2. The van der Waals surface area contributed by atoms with Crippen molar-refractivity contribution < 1.29 is 5.11 Å². The Kier molecular flexibility index (Phi) is 2.52. The van der Waals surface area contributed by atoms with E-state index in [4.69, 9.17) is 5.73 Å². The van der Waals surface area contributed by atoms with Gasteiger partial charge in [-0.2, -0.15) is 0 Å². The molecule has 0 bridgehead atoms. The lowest BCUT2D eigenvalue weighted by molar-refractivity contribution is 0.112. The summed E-state index contributed by atoms with van der Waals surface area (Å²) in [6, 6.07) is 8.41. The van der Waals surface area contributed by atoms with E-state index < -0.39 is 0 Å². The summed E-state index contributed by atoms with van der Waals surface area (Å²) < 4.78 is 2.13. The van der Waals surface area contributed by atoms with Gasteiger partial charge in [-0.1, -0.05) is 12.1 Å². The molecule has 0 spiro atoms. The van der Waals surface area contributed by atoms with Crippen LogP contribution in [0, 0.1) is 0 Å². The molecule has 1 aliphatic rings. The number of aliphatic hydroxyl groups excluding tert-OH is 1. The zero-order valence-corrected chi connectivity index (χ0v) is 9.71. The quantitative estimate of drug-likeness (QED) is 0.790. The van der Waals surface area contributed by atoms with Crippen LogP contribution in [-0.2, 0) is 0 Å². The molecule has 3 N–H and O–H groups in total. The zero-order valence-electron chi connectivity index (χ0n) is 9.71. The molecule has 0 amide bonds. The molecular weight excluding hydrogens is 214 g/mol. The topological polar surface area (TPSA) is 64.1 Å². The molecule has 3 rings (SSSR count). The number of nitrogens with zero attached hydrogens (tertiary/aromatic N) is 2. The third-order valence-electron chi connectivity index (χ3n) is 3.65. The van der Waals surface area contributed by atoms with Gasteiger partial charge in [-0.15, -0.1) is 0 Å². The number of hydrogen-bond donors (Lipinski definition) is 2. The van der Waals surface area contributed by atoms with Gasteiger partial charge in [0.25, 0.3) is 0 Å². The third-order valence-corrected chi connectivity index (χ3v) is 3.65. The van der Waals surface area contributed by atoms with E-state index >= 15 is 0 Å². The van der Waals surface area contributed by atoms with Crippen LogP contribution in [0.2, 0.25) is 0 Å². The summed E-state index contributed by atoms with van der Waals surface area (Å²) in [5, 5.41) is 9.55. The molecule has 1 aliphatic carbocycles. The van der Waals surface area contributed by atoms with Crippen LogP contribution in [-0.4, -0.2) is 20.8 Å². The average Bonchev–Trinajstić information content (AvgIpc) is 2.66. The van der Waals surface area contributed by atoms with Crippen molar-refractivity contribution in [2.75, 3.05) is 5.73 Å². The normalized spacial score (nSPS) is 25.2. The Hall–Kier alpha value is -1.55. The summed E-state index contributed by atoms with van der Waals surface area (Å²) in [6.45, 7) is 0. The van der Waals surface area contributed by atoms with E-state index in [-0.39, 0.29) is 6.10 Å². The van der Waals surface area contributed by atoms with Crippen LogP contribution in [0.1, 0.15) is 31.7 Å². The number of hydrogen-bond acceptors (Lipinski definition) is 3. The number of nitrogens with two attached hydrogens (primary N) is 1. The van der Waals surface area contributed by atoms with Crippen molar-refractivity contribution in [3.8, 4) is 0 Å². The summed E-state index contributed by atoms with van der Waals surface area (Å²) in [5.41, 5.74) is 8.07. The molecule has 90 valence electrons. The lowest BCUT2D eigenvalue weighted by Crippen LogP contribution is -2.21. The molecule has 4 heteroatoms. The van der Waals surface area contributed by atoms with Gasteiger partial charge in [-0.05, 0) is 37.8 Å². The van der Waals surface area contributed by atoms with Crippen molar-refractivity contribution >= 4 is 17.0 Å². The molecule has 0 atom stereocenters. The van der Waals surface area contributed by atoms with Crippen molar-refractivity contribution in [1.29, 1.82) is 0 Å². The molecule has 1 saturated carbocycles. The lowest BCUT2D eigenvalue weighted by Gasteiger charge is -2.27. The lowest BCUT2D eigenvalue weighted by atomic mass is 9.93. The first-order chi connectivity index (χ1) is 8.25. The standard InChI is InChI=1S/C13H17N3O/c14-13-15-11-3-1-2-4-12(11)16(13)9-5-7-10(17)8-6-9/h1-4,9-10,17H,5-8H2,(H2,14,15)/t9-,10+. The van der Waals surface area contributed by atoms with Gasteiger partial charge in [0.05, 0.1) is 17.1 Å². The van der Waals surface area contributed by atoms with E-state index in [0.29, 0.717) is 12.0 Å². The van der Waals surface area contributed by atoms with Gasteiger partial charge in [-0.25, -0.2) is 4.98 Å². The maximum Gasteiger partial charge on any atom is 0.201 e. The molecule has 1 fully saturated rings. The third kappa shape index (κ3) is 1.78. The van der Waals surface area contributed by atoms with Gasteiger partial charge in [-0.3, -0.25) is 0 Å². The highest BCUT2D eigenvalue weighted by Crippen LogP contribution is 2.33. The minimum Gasteiger partial charge on any atom is -0.393 e. The summed E-state index contributed by atoms with van der Waals surface area (Å²) >= 11 is 0. The molecule has 0 saturated heterocycles. The highest BCUT2D eigenvalue weighted by molar-refractivity contribution is 5.78. The Labute approximate surface area is 100 Å². The number of aromatic nitrogens is 2. The first-order valence-corrected chi connectivity index (χ1v) is 6.16. The number of nitrogen functional groups attached to an aromatic ring is 1. The fourth-order valence-electron chi connectivity index (χ4n) is 2.76. The Morgan fingerprint density at radius 1 is 1.18 bits per heavy atom. The molecule has 2 aromatic rings. The van der Waals surface area contributed by atoms with Crippen molar-refractivity contribution in [3.63, 3.8) is 0 Å². The van der Waals surface area contributed by atoms with Crippen LogP contribution in [0.4, 0.5) is 5.95 Å². The Bertz CT molecular complexity index is 526. The number of benzene rings is 1. The Morgan fingerprint density at radius 3 is 2.65 bits per heavy atom. The number of rotatable bonds is 1. The van der Waals surface area contributed by atoms with Gasteiger partial charge in [0.2, 0.25) is 5.95 Å². The SMILES string of the molecule is Nc1nc2ccccc2n1[C@H]1CC[C@@H](O)CC1. The second kappa shape index (κ2) is 4.04. The summed E-state index contributed by atoms with van der Waals surface area (Å²) in [5.74, 6) is 0.590. The van der Waals surface area contributed by atoms with E-state index in [1.54, 1.807) is 0 Å². The summed E-state index contributed by atoms with van der Waals surface area (Å²) in [4.78, 5) is 4.39. The molecule has 0 unspecified atom stereocenters. The second-order valence-corrected chi connectivity index (χ2v) is 4.79. The molecule has 4 nitrogen and oxygen atoms in total. The van der Waals surface area contributed by atoms with Crippen LogP contribution in [0.3, 0.4) is 0 Å². The molecule has 1 aromatic heterocycles. The van der Waals surface area contributed by atoms with E-state index in [9.17, 15) is 5.11 Å². The Balaban J connectivity index is 2.02. The van der Waals surface area contributed by atoms with Crippen molar-refractivity contribution in [1.82, 2.24) is 9.55 Å². The van der Waals surface area contributed by atoms with Crippen LogP contribution in [0.5, 0.6) is 0 Å². The predicted molar refractivity (Wildman–Crippen MR) is 67.7 cm³/mol. The minimum absolute atomic E-state index is 0.137. The first kappa shape index (κ1) is 10.6. The average molecular weight is 231 g/mol. The maximum absolute atomic E-state index is 9.55. The van der Waals surface area contributed by atoms with Gasteiger partial charge in [0, 0.05) is 6.04 Å². The van der Waals surface area contributed by atoms with Gasteiger partial charge >= 0.3 is 0 Å². The van der Waals surface area contributed by atoms with Gasteiger partial charge in [0.15, 0.2) is 0 Å². The fraction of sp³-hybridized carbons (Fsp3) is 0.462. The maximum atomic E-state index is 9.55. The van der Waals surface area contributed by atoms with E-state index in [0.717, 1.165) is 36.7 Å². The fourth-order valence-corrected chi connectivity index (χ4v) is 2.76. The van der Waals surface area contributed by atoms with Crippen LogP contribution in [0.25, 0.3) is 11.0 Å². The molecule has 17 heavy (non-hydrogen) atoms. The molecule has 0 aliphatic heterocycles. The first-order valence-electron chi connectivity index (χ1n) is 6.16. The van der Waals surface area contributed by atoms with E-state index in [1.807, 2.05) is 18.2 Å². The number of fused-ring (bicyclic) bond motifs is 1. The Morgan fingerprint density at radius 2 is 1.88 bits per heavy atom. The van der Waals surface area contributed by atoms with Crippen LogP contribution >= 0.6 is 0 Å². The zero-order chi connectivity index (χ0) is 11.8. The van der Waals surface area contributed by atoms with E-state index in [2.05, 4.69) is 15.6 Å². The molecule has 1 aromatic carbocycles. The summed E-state index contributed by atoms with van der Waals surface area (Å²) in [7, 11) is 0. The molecule has 1 heterocycles. The largest absolute Gasteiger partial charge is 0.393 e. The minimum atomic E-state index is -0.137. The van der Waals surface area contributed by atoms with Crippen LogP contribution < -0.4 is 5.73 Å². The van der Waals surface area contributed by atoms with Crippen molar-refractivity contribution in [2.24, 2.45) is 0 Å². The van der Waals surface area contributed by atoms with Crippen LogP contribution in [0.15, 0.2) is 24.3 Å². The predicted octanol–water partition coefficient (Wildman–Crippen LogP) is 2.09. The highest BCUT2D eigenvalue weighted by atomic mass is 16.3. The van der Waals surface area contributed by atoms with Crippen molar-refractivity contribution in [3.05, 3.63) is 24.3 Å².